The molecule has 29 heavy (non-hydrogen) atoms. The second-order valence-electron chi connectivity index (χ2n) is 7.29. The molecule has 1 aliphatic heterocycles. The van der Waals surface area contributed by atoms with E-state index >= 15 is 0 Å². The summed E-state index contributed by atoms with van der Waals surface area (Å²) in [6.07, 6.45) is 4.74. The van der Waals surface area contributed by atoms with E-state index in [0.717, 1.165) is 25.8 Å². The summed E-state index contributed by atoms with van der Waals surface area (Å²) in [5, 5.41) is 6.98. The molecular formula is C21H28N4O4. The molecule has 0 aliphatic carbocycles. The van der Waals surface area contributed by atoms with Crippen molar-refractivity contribution in [3.8, 4) is 11.5 Å². The number of methoxy groups -OCH3 is 2. The highest BCUT2D eigenvalue weighted by molar-refractivity contribution is 5.92. The molecule has 2 heterocycles. The minimum atomic E-state index is -0.0598. The van der Waals surface area contributed by atoms with Crippen LogP contribution in [0.25, 0.3) is 0 Å². The Morgan fingerprint density at radius 3 is 2.55 bits per heavy atom. The van der Waals surface area contributed by atoms with Crippen LogP contribution in [0.1, 0.15) is 36.2 Å². The molecule has 8 heteroatoms. The average Bonchev–Trinajstić information content (AvgIpc) is 3.17. The third kappa shape index (κ3) is 5.28. The highest BCUT2D eigenvalue weighted by atomic mass is 16.5. The van der Waals surface area contributed by atoms with Crippen molar-refractivity contribution < 1.29 is 19.1 Å². The van der Waals surface area contributed by atoms with E-state index < -0.39 is 0 Å². The molecule has 156 valence electrons. The van der Waals surface area contributed by atoms with Gasteiger partial charge in [-0.1, -0.05) is 0 Å². The van der Waals surface area contributed by atoms with Crippen LogP contribution < -0.4 is 14.8 Å². The summed E-state index contributed by atoms with van der Waals surface area (Å²) in [7, 11) is 4.91. The summed E-state index contributed by atoms with van der Waals surface area (Å²) in [5.74, 6) is 1.50. The Balaban J connectivity index is 1.52. The Bertz CT molecular complexity index is 842. The minimum absolute atomic E-state index is 0.00243. The van der Waals surface area contributed by atoms with Crippen molar-refractivity contribution in [1.29, 1.82) is 0 Å². The van der Waals surface area contributed by atoms with E-state index in [1.807, 2.05) is 4.90 Å². The molecule has 2 amide bonds. The fourth-order valence-corrected chi connectivity index (χ4v) is 3.67. The van der Waals surface area contributed by atoms with E-state index in [1.54, 1.807) is 56.4 Å². The zero-order valence-electron chi connectivity index (χ0n) is 17.2. The van der Waals surface area contributed by atoms with Crippen LogP contribution >= 0.6 is 0 Å². The number of piperidine rings is 1. The molecule has 0 radical (unpaired) electrons. The predicted octanol–water partition coefficient (Wildman–Crippen LogP) is 2.71. The quantitative estimate of drug-likeness (QED) is 0.772. The SMILES string of the molecule is COc1cc(NC(=O)CCC2CCCN(C(=O)c3ccnn3C)C2)cc(OC)c1. The summed E-state index contributed by atoms with van der Waals surface area (Å²) in [6.45, 7) is 1.42. The van der Waals surface area contributed by atoms with Crippen molar-refractivity contribution in [1.82, 2.24) is 14.7 Å². The normalized spacial score (nSPS) is 16.4. The van der Waals surface area contributed by atoms with Crippen molar-refractivity contribution >= 4 is 17.5 Å². The van der Waals surface area contributed by atoms with Gasteiger partial charge in [-0.2, -0.15) is 5.10 Å². The number of hydrogen-bond donors (Lipinski definition) is 1. The summed E-state index contributed by atoms with van der Waals surface area (Å²) in [5.41, 5.74) is 1.23. The molecule has 1 aromatic heterocycles. The Labute approximate surface area is 170 Å². The number of nitrogens with one attached hydrogen (secondary N) is 1. The van der Waals surface area contributed by atoms with Crippen LogP contribution in [-0.2, 0) is 11.8 Å². The van der Waals surface area contributed by atoms with Crippen molar-refractivity contribution in [2.45, 2.75) is 25.7 Å². The first-order chi connectivity index (χ1) is 14.0. The number of benzene rings is 1. The molecule has 0 spiro atoms. The van der Waals surface area contributed by atoms with Crippen LogP contribution in [0.2, 0.25) is 0 Å². The molecule has 1 unspecified atom stereocenters. The second kappa shape index (κ2) is 9.45. The smallest absolute Gasteiger partial charge is 0.272 e. The minimum Gasteiger partial charge on any atom is -0.497 e. The van der Waals surface area contributed by atoms with Gasteiger partial charge < -0.3 is 19.7 Å². The largest absolute Gasteiger partial charge is 0.497 e. The molecule has 8 nitrogen and oxygen atoms in total. The Morgan fingerprint density at radius 1 is 1.21 bits per heavy atom. The third-order valence-corrected chi connectivity index (χ3v) is 5.26. The van der Waals surface area contributed by atoms with Gasteiger partial charge >= 0.3 is 0 Å². The van der Waals surface area contributed by atoms with E-state index in [1.165, 1.54) is 0 Å². The molecule has 2 aromatic rings. The standard InChI is InChI=1S/C21H28N4O4/c1-24-19(8-9-22-24)21(27)25-10-4-5-15(14-25)6-7-20(26)23-16-11-17(28-2)13-18(12-16)29-3/h8-9,11-13,15H,4-7,10,14H2,1-3H3,(H,23,26). The summed E-state index contributed by atoms with van der Waals surface area (Å²) in [4.78, 5) is 27.0. The number of hydrogen-bond acceptors (Lipinski definition) is 5. The Kier molecular flexibility index (Phi) is 6.74. The van der Waals surface area contributed by atoms with Gasteiger partial charge in [0, 0.05) is 56.6 Å². The number of aryl methyl sites for hydroxylation is 1. The third-order valence-electron chi connectivity index (χ3n) is 5.26. The number of carbonyl (C=O) groups excluding carboxylic acids is 2. The first-order valence-electron chi connectivity index (χ1n) is 9.80. The van der Waals surface area contributed by atoms with Crippen LogP contribution in [0, 0.1) is 5.92 Å². The number of rotatable bonds is 7. The van der Waals surface area contributed by atoms with Gasteiger partial charge in [-0.05, 0) is 31.2 Å². The number of likely N-dealkylation sites (tertiary alicyclic amines) is 1. The second-order valence-corrected chi connectivity index (χ2v) is 7.29. The predicted molar refractivity (Wildman–Crippen MR) is 109 cm³/mol. The molecule has 0 saturated carbocycles. The van der Waals surface area contributed by atoms with Crippen molar-refractivity contribution in [3.63, 3.8) is 0 Å². The topological polar surface area (TPSA) is 85.7 Å². The highest BCUT2D eigenvalue weighted by Crippen LogP contribution is 2.27. The van der Waals surface area contributed by atoms with Crippen molar-refractivity contribution in [3.05, 3.63) is 36.2 Å². The van der Waals surface area contributed by atoms with Crippen molar-refractivity contribution in [2.24, 2.45) is 13.0 Å². The lowest BCUT2D eigenvalue weighted by Crippen LogP contribution is -2.40. The van der Waals surface area contributed by atoms with Crippen LogP contribution in [0.4, 0.5) is 5.69 Å². The number of anilines is 1. The Hall–Kier alpha value is -3.03. The average molecular weight is 400 g/mol. The maximum atomic E-state index is 12.7. The summed E-state index contributed by atoms with van der Waals surface area (Å²) < 4.78 is 12.1. The lowest BCUT2D eigenvalue weighted by molar-refractivity contribution is -0.116. The first kappa shape index (κ1) is 20.7. The van der Waals surface area contributed by atoms with E-state index in [9.17, 15) is 9.59 Å². The monoisotopic (exact) mass is 400 g/mol. The van der Waals surface area contributed by atoms with E-state index in [4.69, 9.17) is 9.47 Å². The van der Waals surface area contributed by atoms with E-state index in [2.05, 4.69) is 10.4 Å². The van der Waals surface area contributed by atoms with Crippen LogP contribution in [0.5, 0.6) is 11.5 Å². The molecule has 0 bridgehead atoms. The van der Waals surface area contributed by atoms with Gasteiger partial charge in [0.25, 0.3) is 5.91 Å². The fraction of sp³-hybridized carbons (Fsp3) is 0.476. The zero-order valence-corrected chi connectivity index (χ0v) is 17.2. The maximum Gasteiger partial charge on any atom is 0.272 e. The zero-order chi connectivity index (χ0) is 20.8. The van der Waals surface area contributed by atoms with Crippen molar-refractivity contribution in [2.75, 3.05) is 32.6 Å². The van der Waals surface area contributed by atoms with Gasteiger partial charge in [0.1, 0.15) is 17.2 Å². The number of nitrogens with zero attached hydrogens (tertiary/aromatic N) is 3. The fourth-order valence-electron chi connectivity index (χ4n) is 3.67. The molecule has 1 saturated heterocycles. The molecular weight excluding hydrogens is 372 g/mol. The molecule has 1 N–H and O–H groups in total. The molecule has 3 rings (SSSR count). The number of ether oxygens (including phenoxy) is 2. The van der Waals surface area contributed by atoms with Gasteiger partial charge in [0.05, 0.1) is 14.2 Å². The number of aromatic nitrogens is 2. The Morgan fingerprint density at radius 2 is 1.93 bits per heavy atom. The van der Waals surface area contributed by atoms with E-state index in [-0.39, 0.29) is 11.8 Å². The molecule has 1 aliphatic rings. The highest BCUT2D eigenvalue weighted by Gasteiger charge is 2.26. The number of amides is 2. The first-order valence-corrected chi connectivity index (χ1v) is 9.80. The summed E-state index contributed by atoms with van der Waals surface area (Å²) >= 11 is 0. The molecule has 1 aromatic carbocycles. The van der Waals surface area contributed by atoms with Crippen LogP contribution in [0.15, 0.2) is 30.5 Å². The molecule has 1 atom stereocenters. The van der Waals surface area contributed by atoms with E-state index in [0.29, 0.717) is 41.8 Å². The van der Waals surface area contributed by atoms with Gasteiger partial charge in [-0.3, -0.25) is 14.3 Å². The van der Waals surface area contributed by atoms with Gasteiger partial charge in [-0.15, -0.1) is 0 Å². The van der Waals surface area contributed by atoms with Crippen LogP contribution in [-0.4, -0.2) is 53.8 Å². The number of carbonyl (C=O) groups is 2. The van der Waals surface area contributed by atoms with Gasteiger partial charge in [0.15, 0.2) is 0 Å². The van der Waals surface area contributed by atoms with Gasteiger partial charge in [-0.25, -0.2) is 0 Å². The lowest BCUT2D eigenvalue weighted by atomic mass is 9.93. The van der Waals surface area contributed by atoms with Crippen LogP contribution in [0.3, 0.4) is 0 Å². The maximum absolute atomic E-state index is 12.7. The summed E-state index contributed by atoms with van der Waals surface area (Å²) in [6, 6.07) is 7.01. The van der Waals surface area contributed by atoms with Gasteiger partial charge in [0.2, 0.25) is 5.91 Å². The lowest BCUT2D eigenvalue weighted by Gasteiger charge is -2.32. The molecule has 1 fully saturated rings.